The molecule has 1 aliphatic heterocycles. The van der Waals surface area contributed by atoms with Crippen molar-refractivity contribution in [2.75, 3.05) is 18.1 Å². The second kappa shape index (κ2) is 9.35. The molecule has 0 bridgehead atoms. The number of ether oxygens (including phenoxy) is 1. The highest BCUT2D eigenvalue weighted by atomic mass is 28.4. The smallest absolute Gasteiger partial charge is 0.341 e. The molecule has 3 aromatic rings. The van der Waals surface area contributed by atoms with E-state index in [4.69, 9.17) is 9.16 Å². The van der Waals surface area contributed by atoms with E-state index in [1.165, 1.54) is 18.3 Å². The number of fused-ring (bicyclic) bond motifs is 1. The summed E-state index contributed by atoms with van der Waals surface area (Å²) in [7, 11) is -2.09. The van der Waals surface area contributed by atoms with Crippen LogP contribution >= 0.6 is 0 Å². The Hall–Kier alpha value is -2.78. The summed E-state index contributed by atoms with van der Waals surface area (Å²) in [4.78, 5) is 14.5. The highest BCUT2D eigenvalue weighted by Crippen LogP contribution is 2.43. The Labute approximate surface area is 206 Å². The lowest BCUT2D eigenvalue weighted by Crippen LogP contribution is -2.44. The maximum atomic E-state index is 14.9. The number of pyridine rings is 1. The van der Waals surface area contributed by atoms with Crippen LogP contribution in [-0.2, 0) is 9.16 Å². The van der Waals surface area contributed by atoms with Crippen LogP contribution in [0, 0.1) is 11.6 Å². The molecule has 1 fully saturated rings. The van der Waals surface area contributed by atoms with Crippen molar-refractivity contribution in [1.82, 2.24) is 9.61 Å². The summed E-state index contributed by atoms with van der Waals surface area (Å²) in [5, 5.41) is 4.27. The van der Waals surface area contributed by atoms with E-state index >= 15 is 0 Å². The van der Waals surface area contributed by atoms with Crippen LogP contribution in [-0.4, -0.2) is 43.2 Å². The first kappa shape index (κ1) is 25.3. The number of aromatic nitrogens is 2. The highest BCUT2D eigenvalue weighted by molar-refractivity contribution is 6.74. The number of carbonyl (C=O) groups is 1. The van der Waals surface area contributed by atoms with Crippen LogP contribution in [0.5, 0.6) is 0 Å². The summed E-state index contributed by atoms with van der Waals surface area (Å²) in [5.41, 5.74) is 2.02. The van der Waals surface area contributed by atoms with Gasteiger partial charge in [-0.2, -0.15) is 5.10 Å². The SMILES string of the molecule is CCOC(=O)c1cnn2ccc(N3C[C@H](O[Si](C)(C)C(C)(C)C)CC3c3cc(F)ccc3F)cc12. The molecule has 0 spiro atoms. The third-order valence-corrected chi connectivity index (χ3v) is 11.7. The topological polar surface area (TPSA) is 56.1 Å². The Morgan fingerprint density at radius 2 is 1.94 bits per heavy atom. The molecule has 9 heteroatoms. The summed E-state index contributed by atoms with van der Waals surface area (Å²) in [6.07, 6.45) is 3.62. The maximum absolute atomic E-state index is 14.9. The summed E-state index contributed by atoms with van der Waals surface area (Å²) < 4.78 is 42.6. The molecule has 188 valence electrons. The van der Waals surface area contributed by atoms with E-state index in [1.807, 2.05) is 17.0 Å². The first-order chi connectivity index (χ1) is 16.4. The van der Waals surface area contributed by atoms with Gasteiger partial charge in [0.05, 0.1) is 30.5 Å². The number of halogens is 2. The average molecular weight is 502 g/mol. The van der Waals surface area contributed by atoms with Gasteiger partial charge in [0.15, 0.2) is 8.32 Å². The van der Waals surface area contributed by atoms with Gasteiger partial charge in [0, 0.05) is 24.0 Å². The zero-order chi connectivity index (χ0) is 25.5. The zero-order valence-corrected chi connectivity index (χ0v) is 22.1. The van der Waals surface area contributed by atoms with E-state index < -0.39 is 32.0 Å². The van der Waals surface area contributed by atoms with Crippen molar-refractivity contribution >= 4 is 25.5 Å². The lowest BCUT2D eigenvalue weighted by atomic mass is 10.0. The Balaban J connectivity index is 1.75. The number of esters is 1. The van der Waals surface area contributed by atoms with Crippen molar-refractivity contribution in [3.8, 4) is 0 Å². The minimum atomic E-state index is -2.09. The van der Waals surface area contributed by atoms with Crippen molar-refractivity contribution < 1.29 is 22.7 Å². The molecule has 0 saturated carbocycles. The Kier molecular flexibility index (Phi) is 6.76. The zero-order valence-electron chi connectivity index (χ0n) is 21.1. The van der Waals surface area contributed by atoms with Crippen molar-refractivity contribution in [3.05, 3.63) is 65.5 Å². The number of benzene rings is 1. The van der Waals surface area contributed by atoms with E-state index in [0.717, 1.165) is 11.8 Å². The normalized spacial score (nSPS) is 18.9. The molecule has 4 rings (SSSR count). The minimum Gasteiger partial charge on any atom is -0.462 e. The first-order valence-electron chi connectivity index (χ1n) is 11.9. The number of nitrogens with zero attached hydrogens (tertiary/aromatic N) is 3. The predicted molar refractivity (Wildman–Crippen MR) is 134 cm³/mol. The fourth-order valence-corrected chi connectivity index (χ4v) is 5.70. The molecule has 1 unspecified atom stereocenters. The van der Waals surface area contributed by atoms with Crippen molar-refractivity contribution in [3.63, 3.8) is 0 Å². The number of hydrogen-bond acceptors (Lipinski definition) is 5. The molecule has 0 amide bonds. The van der Waals surface area contributed by atoms with E-state index in [2.05, 4.69) is 39.0 Å². The van der Waals surface area contributed by atoms with Crippen LogP contribution < -0.4 is 4.90 Å². The molecule has 1 aromatic carbocycles. The average Bonchev–Trinajstić information content (AvgIpc) is 3.38. The van der Waals surface area contributed by atoms with Gasteiger partial charge in [-0.25, -0.2) is 18.1 Å². The molecule has 1 saturated heterocycles. The van der Waals surface area contributed by atoms with Crippen LogP contribution in [0.15, 0.2) is 42.7 Å². The summed E-state index contributed by atoms with van der Waals surface area (Å²) in [6.45, 7) is 13.5. The largest absolute Gasteiger partial charge is 0.462 e. The minimum absolute atomic E-state index is 0.0189. The molecule has 0 N–H and O–H groups in total. The van der Waals surface area contributed by atoms with E-state index in [9.17, 15) is 13.6 Å². The number of carbonyl (C=O) groups excluding carboxylic acids is 1. The second-order valence-corrected chi connectivity index (χ2v) is 15.3. The van der Waals surface area contributed by atoms with Gasteiger partial charge in [-0.1, -0.05) is 20.8 Å². The van der Waals surface area contributed by atoms with Gasteiger partial charge in [0.1, 0.15) is 17.2 Å². The lowest BCUT2D eigenvalue weighted by molar-refractivity contribution is 0.0528. The lowest BCUT2D eigenvalue weighted by Gasteiger charge is -2.38. The van der Waals surface area contributed by atoms with Crippen LogP contribution in [0.25, 0.3) is 5.52 Å². The fraction of sp³-hybridized carbons (Fsp3) is 0.462. The van der Waals surface area contributed by atoms with Gasteiger partial charge in [-0.3, -0.25) is 0 Å². The molecule has 2 aromatic heterocycles. The quantitative estimate of drug-likeness (QED) is 0.300. The van der Waals surface area contributed by atoms with Crippen LogP contribution in [0.3, 0.4) is 0 Å². The van der Waals surface area contributed by atoms with Crippen molar-refractivity contribution in [1.29, 1.82) is 0 Å². The second-order valence-electron chi connectivity index (χ2n) is 10.6. The summed E-state index contributed by atoms with van der Waals surface area (Å²) in [5.74, 6) is -1.38. The molecule has 6 nitrogen and oxygen atoms in total. The molecule has 0 radical (unpaired) electrons. The van der Waals surface area contributed by atoms with Crippen molar-refractivity contribution in [2.24, 2.45) is 0 Å². The van der Waals surface area contributed by atoms with Crippen molar-refractivity contribution in [2.45, 2.75) is 64.4 Å². The standard InChI is InChI=1S/C26H33F2N3O3Si/c1-7-33-25(32)21-15-29-31-11-10-18(13-24(21)31)30-16-19(34-35(5,6)26(2,3)4)14-23(30)20-12-17(27)8-9-22(20)28/h8-13,15,19,23H,7,14,16H2,1-6H3/t19-,23?/m1/s1. The Morgan fingerprint density at radius 3 is 2.63 bits per heavy atom. The predicted octanol–water partition coefficient (Wildman–Crippen LogP) is 6.13. The molecule has 3 heterocycles. The number of anilines is 1. The molecule has 35 heavy (non-hydrogen) atoms. The van der Waals surface area contributed by atoms with Gasteiger partial charge >= 0.3 is 5.97 Å². The van der Waals surface area contributed by atoms with Crippen LogP contribution in [0.2, 0.25) is 18.1 Å². The van der Waals surface area contributed by atoms with E-state index in [-0.39, 0.29) is 17.7 Å². The molecule has 0 aliphatic carbocycles. The molecular weight excluding hydrogens is 468 g/mol. The van der Waals surface area contributed by atoms with Gasteiger partial charge in [0.2, 0.25) is 0 Å². The Bertz CT molecular complexity index is 1240. The molecule has 1 aliphatic rings. The van der Waals surface area contributed by atoms with Crippen LogP contribution in [0.4, 0.5) is 14.5 Å². The summed E-state index contributed by atoms with van der Waals surface area (Å²) in [6, 6.07) is 6.86. The third-order valence-electron chi connectivity index (χ3n) is 7.18. The van der Waals surface area contributed by atoms with Gasteiger partial charge in [-0.05, 0) is 61.8 Å². The van der Waals surface area contributed by atoms with E-state index in [0.29, 0.717) is 29.6 Å². The molecular formula is C26H33F2N3O3Si. The van der Waals surface area contributed by atoms with E-state index in [1.54, 1.807) is 17.6 Å². The Morgan fingerprint density at radius 1 is 1.20 bits per heavy atom. The van der Waals surface area contributed by atoms with Crippen LogP contribution in [0.1, 0.15) is 56.1 Å². The number of rotatable bonds is 6. The van der Waals surface area contributed by atoms with Gasteiger partial charge < -0.3 is 14.1 Å². The maximum Gasteiger partial charge on any atom is 0.341 e. The molecule has 2 atom stereocenters. The highest BCUT2D eigenvalue weighted by Gasteiger charge is 2.43. The monoisotopic (exact) mass is 501 g/mol. The van der Waals surface area contributed by atoms with Gasteiger partial charge in [0.25, 0.3) is 0 Å². The number of hydrogen-bond donors (Lipinski definition) is 0. The first-order valence-corrected chi connectivity index (χ1v) is 14.9. The third kappa shape index (κ3) is 4.97. The summed E-state index contributed by atoms with van der Waals surface area (Å²) >= 11 is 0. The fourth-order valence-electron chi connectivity index (χ4n) is 4.34. The van der Waals surface area contributed by atoms with Gasteiger partial charge in [-0.15, -0.1) is 0 Å².